The van der Waals surface area contributed by atoms with Crippen molar-refractivity contribution in [1.82, 2.24) is 9.88 Å². The second-order valence-electron chi connectivity index (χ2n) is 3.89. The second-order valence-corrected chi connectivity index (χ2v) is 4.78. The molecule has 1 aromatic carbocycles. The molecule has 0 aliphatic rings. The van der Waals surface area contributed by atoms with Crippen LogP contribution in [0.3, 0.4) is 0 Å². The van der Waals surface area contributed by atoms with E-state index in [4.69, 9.17) is 5.26 Å². The fourth-order valence-electron chi connectivity index (χ4n) is 1.41. The fraction of sp³-hybridized carbons (Fsp3) is 0.154. The molecule has 0 bridgehead atoms. The van der Waals surface area contributed by atoms with Gasteiger partial charge < -0.3 is 4.90 Å². The van der Waals surface area contributed by atoms with Crippen LogP contribution in [0.5, 0.6) is 0 Å². The average Bonchev–Trinajstić information content (AvgIpc) is 2.90. The molecule has 2 aromatic rings. The molecule has 90 valence electrons. The number of hydrogen-bond acceptors (Lipinski definition) is 4. The van der Waals surface area contributed by atoms with Gasteiger partial charge in [0.15, 0.2) is 0 Å². The molecule has 0 saturated carbocycles. The summed E-state index contributed by atoms with van der Waals surface area (Å²) in [5, 5.41) is 12.0. The zero-order chi connectivity index (χ0) is 13.0. The summed E-state index contributed by atoms with van der Waals surface area (Å²) in [7, 11) is 3.78. The highest BCUT2D eigenvalue weighted by atomic mass is 32.1. The van der Waals surface area contributed by atoms with Crippen molar-refractivity contribution in [3.05, 3.63) is 35.3 Å². The van der Waals surface area contributed by atoms with E-state index >= 15 is 0 Å². The SMILES string of the molecule is CN(C)/C=N/c1ccc(-c2nccs2)cc1C#N. The van der Waals surface area contributed by atoms with Gasteiger partial charge in [0.1, 0.15) is 11.1 Å². The molecule has 0 aliphatic heterocycles. The van der Waals surface area contributed by atoms with Gasteiger partial charge in [-0.05, 0) is 18.2 Å². The first kappa shape index (κ1) is 12.3. The van der Waals surface area contributed by atoms with Gasteiger partial charge >= 0.3 is 0 Å². The van der Waals surface area contributed by atoms with E-state index in [0.29, 0.717) is 11.3 Å². The smallest absolute Gasteiger partial charge is 0.123 e. The van der Waals surface area contributed by atoms with Crippen LogP contribution >= 0.6 is 11.3 Å². The molecule has 0 N–H and O–H groups in total. The number of nitrogens with zero attached hydrogens (tertiary/aromatic N) is 4. The highest BCUT2D eigenvalue weighted by Crippen LogP contribution is 2.27. The zero-order valence-electron chi connectivity index (χ0n) is 10.2. The minimum Gasteiger partial charge on any atom is -0.369 e. The van der Waals surface area contributed by atoms with Crippen LogP contribution in [0.2, 0.25) is 0 Å². The topological polar surface area (TPSA) is 52.3 Å². The minimum atomic E-state index is 0.556. The molecule has 2 rings (SSSR count). The molecule has 0 atom stereocenters. The number of aromatic nitrogens is 1. The molecule has 0 radical (unpaired) electrons. The Labute approximate surface area is 110 Å². The molecule has 4 nitrogen and oxygen atoms in total. The Morgan fingerprint density at radius 2 is 2.28 bits per heavy atom. The molecule has 0 aliphatic carbocycles. The lowest BCUT2D eigenvalue weighted by Crippen LogP contribution is -2.07. The van der Waals surface area contributed by atoms with E-state index < -0.39 is 0 Å². The maximum absolute atomic E-state index is 9.15. The molecular formula is C13H12N4S. The van der Waals surface area contributed by atoms with Gasteiger partial charge in [0, 0.05) is 31.2 Å². The first-order chi connectivity index (χ1) is 8.70. The van der Waals surface area contributed by atoms with Crippen LogP contribution in [0.15, 0.2) is 34.8 Å². The highest BCUT2D eigenvalue weighted by molar-refractivity contribution is 7.13. The van der Waals surface area contributed by atoms with E-state index in [9.17, 15) is 0 Å². The van der Waals surface area contributed by atoms with Gasteiger partial charge in [0.25, 0.3) is 0 Å². The van der Waals surface area contributed by atoms with Crippen LogP contribution in [-0.4, -0.2) is 30.3 Å². The number of hydrogen-bond donors (Lipinski definition) is 0. The number of nitriles is 1. The van der Waals surface area contributed by atoms with Crippen molar-refractivity contribution in [2.45, 2.75) is 0 Å². The quantitative estimate of drug-likeness (QED) is 0.626. The van der Waals surface area contributed by atoms with Crippen molar-refractivity contribution in [2.75, 3.05) is 14.1 Å². The lowest BCUT2D eigenvalue weighted by atomic mass is 10.1. The number of benzene rings is 1. The summed E-state index contributed by atoms with van der Waals surface area (Å²) in [5.41, 5.74) is 2.18. The first-order valence-electron chi connectivity index (χ1n) is 5.35. The molecule has 0 fully saturated rings. The lowest BCUT2D eigenvalue weighted by molar-refractivity contribution is 0.643. The summed E-state index contributed by atoms with van der Waals surface area (Å²) in [6.07, 6.45) is 3.43. The Hall–Kier alpha value is -2.19. The van der Waals surface area contributed by atoms with Gasteiger partial charge in [0.05, 0.1) is 17.6 Å². The molecule has 5 heteroatoms. The van der Waals surface area contributed by atoms with Crippen molar-refractivity contribution in [1.29, 1.82) is 5.26 Å². The van der Waals surface area contributed by atoms with Crippen molar-refractivity contribution < 1.29 is 0 Å². The Balaban J connectivity index is 2.39. The largest absolute Gasteiger partial charge is 0.369 e. The van der Waals surface area contributed by atoms with Gasteiger partial charge in [-0.15, -0.1) is 11.3 Å². The Bertz CT molecular complexity index is 594. The van der Waals surface area contributed by atoms with E-state index in [-0.39, 0.29) is 0 Å². The molecule has 18 heavy (non-hydrogen) atoms. The monoisotopic (exact) mass is 256 g/mol. The van der Waals surface area contributed by atoms with Crippen molar-refractivity contribution >= 4 is 23.4 Å². The number of aliphatic imine (C=N–C) groups is 1. The zero-order valence-corrected chi connectivity index (χ0v) is 11.0. The third-order valence-corrected chi connectivity index (χ3v) is 3.05. The van der Waals surface area contributed by atoms with Gasteiger partial charge in [0.2, 0.25) is 0 Å². The fourth-order valence-corrected chi connectivity index (χ4v) is 2.05. The summed E-state index contributed by atoms with van der Waals surface area (Å²) in [4.78, 5) is 10.3. The van der Waals surface area contributed by atoms with E-state index in [1.807, 2.05) is 42.6 Å². The molecule has 1 heterocycles. The van der Waals surface area contributed by atoms with Crippen LogP contribution in [0, 0.1) is 11.3 Å². The maximum atomic E-state index is 9.15. The third-order valence-electron chi connectivity index (χ3n) is 2.22. The first-order valence-corrected chi connectivity index (χ1v) is 6.23. The molecule has 0 unspecified atom stereocenters. The van der Waals surface area contributed by atoms with Gasteiger partial charge in [-0.1, -0.05) is 0 Å². The van der Waals surface area contributed by atoms with Crippen LogP contribution < -0.4 is 0 Å². The van der Waals surface area contributed by atoms with Crippen LogP contribution in [0.1, 0.15) is 5.56 Å². The van der Waals surface area contributed by atoms with Crippen molar-refractivity contribution in [2.24, 2.45) is 4.99 Å². The predicted molar refractivity (Wildman–Crippen MR) is 74.1 cm³/mol. The minimum absolute atomic E-state index is 0.556. The Morgan fingerprint density at radius 3 is 2.89 bits per heavy atom. The second kappa shape index (κ2) is 5.43. The molecule has 0 spiro atoms. The summed E-state index contributed by atoms with van der Waals surface area (Å²) in [6, 6.07) is 7.76. The number of rotatable bonds is 3. The van der Waals surface area contributed by atoms with E-state index in [1.165, 1.54) is 0 Å². The average molecular weight is 256 g/mol. The van der Waals surface area contributed by atoms with Crippen LogP contribution in [0.25, 0.3) is 10.6 Å². The van der Waals surface area contributed by atoms with Gasteiger partial charge in [-0.2, -0.15) is 5.26 Å². The van der Waals surface area contributed by atoms with E-state index in [0.717, 1.165) is 10.6 Å². The van der Waals surface area contributed by atoms with E-state index in [1.54, 1.807) is 23.9 Å². The standard InChI is InChI=1S/C13H12N4S/c1-17(2)9-16-12-4-3-10(7-11(12)8-14)13-15-5-6-18-13/h3-7,9H,1-2H3/b16-9+. The molecular weight excluding hydrogens is 244 g/mol. The normalized spacial score (nSPS) is 10.5. The Morgan fingerprint density at radius 1 is 1.44 bits per heavy atom. The Kier molecular flexibility index (Phi) is 3.70. The summed E-state index contributed by atoms with van der Waals surface area (Å²) in [6.45, 7) is 0. The maximum Gasteiger partial charge on any atom is 0.123 e. The van der Waals surface area contributed by atoms with Crippen LogP contribution in [-0.2, 0) is 0 Å². The van der Waals surface area contributed by atoms with Gasteiger partial charge in [-0.3, -0.25) is 0 Å². The predicted octanol–water partition coefficient (Wildman–Crippen LogP) is 2.90. The summed E-state index contributed by atoms with van der Waals surface area (Å²) in [5.74, 6) is 0. The van der Waals surface area contributed by atoms with E-state index in [2.05, 4.69) is 16.0 Å². The van der Waals surface area contributed by atoms with Gasteiger partial charge in [-0.25, -0.2) is 9.98 Å². The van der Waals surface area contributed by atoms with Crippen molar-refractivity contribution in [3.8, 4) is 16.6 Å². The lowest BCUT2D eigenvalue weighted by Gasteiger charge is -2.04. The molecule has 0 amide bonds. The highest BCUT2D eigenvalue weighted by Gasteiger charge is 2.05. The van der Waals surface area contributed by atoms with Crippen LogP contribution in [0.4, 0.5) is 5.69 Å². The summed E-state index contributed by atoms with van der Waals surface area (Å²) >= 11 is 1.55. The number of thiazole rings is 1. The molecule has 1 aromatic heterocycles. The molecule has 0 saturated heterocycles. The summed E-state index contributed by atoms with van der Waals surface area (Å²) < 4.78 is 0. The third kappa shape index (κ3) is 2.73. The van der Waals surface area contributed by atoms with Crippen molar-refractivity contribution in [3.63, 3.8) is 0 Å².